The van der Waals surface area contributed by atoms with E-state index in [9.17, 15) is 0 Å². The molecule has 2 rings (SSSR count). The third kappa shape index (κ3) is 3.28. The summed E-state index contributed by atoms with van der Waals surface area (Å²) in [5.74, 6) is 0. The van der Waals surface area contributed by atoms with E-state index >= 15 is 0 Å². The van der Waals surface area contributed by atoms with Crippen LogP contribution in [0.3, 0.4) is 0 Å². The van der Waals surface area contributed by atoms with E-state index in [1.54, 1.807) is 0 Å². The molecule has 0 amide bonds. The maximum atomic E-state index is 5.87. The summed E-state index contributed by atoms with van der Waals surface area (Å²) in [7, 11) is 0. The molecule has 1 atom stereocenters. The highest BCUT2D eigenvalue weighted by Gasteiger charge is 2.23. The molecule has 1 saturated heterocycles. The molecular weight excluding hydrogens is 206 g/mol. The first kappa shape index (κ1) is 11.5. The van der Waals surface area contributed by atoms with Gasteiger partial charge < -0.3 is 19.9 Å². The first-order chi connectivity index (χ1) is 7.86. The van der Waals surface area contributed by atoms with Gasteiger partial charge in [0.1, 0.15) is 0 Å². The molecular formula is C12H17NO3. The lowest BCUT2D eigenvalue weighted by Crippen LogP contribution is -2.39. The fourth-order valence-corrected chi connectivity index (χ4v) is 1.59. The maximum Gasteiger partial charge on any atom is 0.174 e. The Balaban J connectivity index is 1.67. The first-order valence-electron chi connectivity index (χ1n) is 5.47. The SMILES string of the molecule is N[C@@H](COCc1ccccc1)C1OCCO1. The summed E-state index contributed by atoms with van der Waals surface area (Å²) >= 11 is 0. The quantitative estimate of drug-likeness (QED) is 0.806. The van der Waals surface area contributed by atoms with Crippen molar-refractivity contribution in [3.05, 3.63) is 35.9 Å². The Bertz CT molecular complexity index is 298. The van der Waals surface area contributed by atoms with Crippen LogP contribution >= 0.6 is 0 Å². The minimum atomic E-state index is -0.309. The molecule has 0 spiro atoms. The third-order valence-electron chi connectivity index (χ3n) is 2.42. The van der Waals surface area contributed by atoms with Crippen molar-refractivity contribution in [2.75, 3.05) is 19.8 Å². The molecule has 0 radical (unpaired) electrons. The van der Waals surface area contributed by atoms with Gasteiger partial charge in [0, 0.05) is 0 Å². The zero-order valence-electron chi connectivity index (χ0n) is 9.17. The second-order valence-electron chi connectivity index (χ2n) is 3.77. The van der Waals surface area contributed by atoms with Crippen LogP contribution < -0.4 is 5.73 Å². The van der Waals surface area contributed by atoms with Crippen LogP contribution in [0.25, 0.3) is 0 Å². The van der Waals surface area contributed by atoms with Gasteiger partial charge in [0.05, 0.1) is 32.5 Å². The average Bonchev–Trinajstić information content (AvgIpc) is 2.84. The Labute approximate surface area is 95.3 Å². The van der Waals surface area contributed by atoms with E-state index in [2.05, 4.69) is 0 Å². The van der Waals surface area contributed by atoms with Crippen molar-refractivity contribution in [1.82, 2.24) is 0 Å². The van der Waals surface area contributed by atoms with Gasteiger partial charge in [-0.05, 0) is 5.56 Å². The summed E-state index contributed by atoms with van der Waals surface area (Å²) in [5.41, 5.74) is 7.01. The lowest BCUT2D eigenvalue weighted by atomic mass is 10.2. The number of benzene rings is 1. The highest BCUT2D eigenvalue weighted by atomic mass is 16.7. The molecule has 1 aliphatic heterocycles. The van der Waals surface area contributed by atoms with Gasteiger partial charge in [-0.2, -0.15) is 0 Å². The molecule has 0 unspecified atom stereocenters. The van der Waals surface area contributed by atoms with Gasteiger partial charge in [0.15, 0.2) is 6.29 Å². The average molecular weight is 223 g/mol. The summed E-state index contributed by atoms with van der Waals surface area (Å²) < 4.78 is 16.1. The van der Waals surface area contributed by atoms with Crippen LogP contribution in [0.5, 0.6) is 0 Å². The molecule has 4 heteroatoms. The van der Waals surface area contributed by atoms with Crippen molar-refractivity contribution in [3.8, 4) is 0 Å². The summed E-state index contributed by atoms with van der Waals surface area (Å²) in [4.78, 5) is 0. The van der Waals surface area contributed by atoms with Gasteiger partial charge in [-0.3, -0.25) is 0 Å². The predicted molar refractivity (Wildman–Crippen MR) is 59.8 cm³/mol. The van der Waals surface area contributed by atoms with E-state index in [1.807, 2.05) is 30.3 Å². The van der Waals surface area contributed by atoms with Gasteiger partial charge in [-0.15, -0.1) is 0 Å². The van der Waals surface area contributed by atoms with E-state index < -0.39 is 0 Å². The number of hydrogen-bond acceptors (Lipinski definition) is 4. The zero-order valence-corrected chi connectivity index (χ0v) is 9.17. The van der Waals surface area contributed by atoms with Crippen LogP contribution in [0.15, 0.2) is 30.3 Å². The lowest BCUT2D eigenvalue weighted by Gasteiger charge is -2.17. The summed E-state index contributed by atoms with van der Waals surface area (Å²) in [6.45, 7) is 2.26. The van der Waals surface area contributed by atoms with Gasteiger partial charge in [-0.25, -0.2) is 0 Å². The van der Waals surface area contributed by atoms with Gasteiger partial charge in [0.2, 0.25) is 0 Å². The number of nitrogens with two attached hydrogens (primary N) is 1. The van der Waals surface area contributed by atoms with Crippen LogP contribution in [0, 0.1) is 0 Å². The second-order valence-corrected chi connectivity index (χ2v) is 3.77. The Morgan fingerprint density at radius 1 is 1.25 bits per heavy atom. The molecule has 0 aliphatic carbocycles. The maximum absolute atomic E-state index is 5.87. The lowest BCUT2D eigenvalue weighted by molar-refractivity contribution is -0.0772. The smallest absolute Gasteiger partial charge is 0.174 e. The fraction of sp³-hybridized carbons (Fsp3) is 0.500. The Morgan fingerprint density at radius 2 is 1.94 bits per heavy atom. The van der Waals surface area contributed by atoms with Crippen LogP contribution in [-0.4, -0.2) is 32.2 Å². The van der Waals surface area contributed by atoms with Crippen LogP contribution in [0.4, 0.5) is 0 Å². The van der Waals surface area contributed by atoms with Crippen molar-refractivity contribution < 1.29 is 14.2 Å². The van der Waals surface area contributed by atoms with Gasteiger partial charge in [-0.1, -0.05) is 30.3 Å². The van der Waals surface area contributed by atoms with E-state index in [-0.39, 0.29) is 12.3 Å². The molecule has 4 nitrogen and oxygen atoms in total. The first-order valence-corrected chi connectivity index (χ1v) is 5.47. The standard InChI is InChI=1S/C12H17NO3/c13-11(12-15-6-7-16-12)9-14-8-10-4-2-1-3-5-10/h1-5,11-12H,6-9,13H2/t11-/m0/s1. The highest BCUT2D eigenvalue weighted by Crippen LogP contribution is 2.08. The molecule has 1 aromatic rings. The minimum Gasteiger partial charge on any atom is -0.375 e. The predicted octanol–water partition coefficient (Wildman–Crippen LogP) is 0.903. The van der Waals surface area contributed by atoms with E-state index in [0.29, 0.717) is 26.4 Å². The van der Waals surface area contributed by atoms with Crippen molar-refractivity contribution >= 4 is 0 Å². The fourth-order valence-electron chi connectivity index (χ4n) is 1.59. The Hall–Kier alpha value is -0.940. The van der Waals surface area contributed by atoms with Crippen LogP contribution in [-0.2, 0) is 20.8 Å². The van der Waals surface area contributed by atoms with E-state index in [4.69, 9.17) is 19.9 Å². The summed E-state index contributed by atoms with van der Waals surface area (Å²) in [5, 5.41) is 0. The molecule has 0 bridgehead atoms. The van der Waals surface area contributed by atoms with Gasteiger partial charge >= 0.3 is 0 Å². The molecule has 0 aromatic heterocycles. The minimum absolute atomic E-state index is 0.216. The van der Waals surface area contributed by atoms with Crippen molar-refractivity contribution in [2.45, 2.75) is 18.9 Å². The van der Waals surface area contributed by atoms with Crippen molar-refractivity contribution in [3.63, 3.8) is 0 Å². The Morgan fingerprint density at radius 3 is 2.62 bits per heavy atom. The van der Waals surface area contributed by atoms with Crippen molar-refractivity contribution in [2.24, 2.45) is 5.73 Å². The Kier molecular flexibility index (Phi) is 4.30. The molecule has 88 valence electrons. The number of rotatable bonds is 5. The molecule has 1 fully saturated rings. The number of ether oxygens (including phenoxy) is 3. The third-order valence-corrected chi connectivity index (χ3v) is 2.42. The van der Waals surface area contributed by atoms with Crippen LogP contribution in [0.2, 0.25) is 0 Å². The topological polar surface area (TPSA) is 53.7 Å². The molecule has 1 heterocycles. The normalized spacial score (nSPS) is 18.8. The molecule has 2 N–H and O–H groups in total. The highest BCUT2D eigenvalue weighted by molar-refractivity contribution is 5.13. The van der Waals surface area contributed by atoms with Crippen molar-refractivity contribution in [1.29, 1.82) is 0 Å². The summed E-state index contributed by atoms with van der Waals surface area (Å²) in [6, 6.07) is 9.78. The summed E-state index contributed by atoms with van der Waals surface area (Å²) in [6.07, 6.45) is -0.309. The molecule has 0 saturated carbocycles. The second kappa shape index (κ2) is 5.96. The van der Waals surface area contributed by atoms with E-state index in [0.717, 1.165) is 5.56 Å². The van der Waals surface area contributed by atoms with Crippen LogP contribution in [0.1, 0.15) is 5.56 Å². The molecule has 1 aromatic carbocycles. The van der Waals surface area contributed by atoms with Gasteiger partial charge in [0.25, 0.3) is 0 Å². The largest absolute Gasteiger partial charge is 0.375 e. The monoisotopic (exact) mass is 223 g/mol. The molecule has 1 aliphatic rings. The zero-order chi connectivity index (χ0) is 11.2. The number of hydrogen-bond donors (Lipinski definition) is 1. The van der Waals surface area contributed by atoms with E-state index in [1.165, 1.54) is 0 Å². The molecule has 16 heavy (non-hydrogen) atoms.